The molecule has 1 amide bonds. The Morgan fingerprint density at radius 1 is 1.15 bits per heavy atom. The maximum atomic E-state index is 14.2. The number of pyridine rings is 1. The fraction of sp³-hybridized carbons (Fsp3) is 0.556. The molecule has 0 saturated carbocycles. The zero-order valence-electron chi connectivity index (χ0n) is 23.0. The van der Waals surface area contributed by atoms with Crippen molar-refractivity contribution in [2.75, 3.05) is 25.0 Å². The number of hydrogen-bond acceptors (Lipinski definition) is 8. The Morgan fingerprint density at radius 3 is 2.63 bits per heavy atom. The fourth-order valence-electron chi connectivity index (χ4n) is 4.97. The Morgan fingerprint density at radius 2 is 1.95 bits per heavy atom. The van der Waals surface area contributed by atoms with Gasteiger partial charge in [-0.1, -0.05) is 17.6 Å². The van der Waals surface area contributed by atoms with Crippen LogP contribution in [0.15, 0.2) is 18.3 Å². The number of rotatable bonds is 4. The van der Waals surface area contributed by atoms with Gasteiger partial charge in [0.15, 0.2) is 6.23 Å². The molecule has 0 aliphatic carbocycles. The SMILES string of the molecule is [C-]#[N+]c1ccc2c(-c3nc(N[C@H]4CCCN(C(=O)OC(C)(C)C)C4)ncc3C(F)(F)F)nn(C3CCCCO3)c2n1. The number of piperidine rings is 1. The summed E-state index contributed by atoms with van der Waals surface area (Å²) >= 11 is 0. The number of alkyl halides is 3. The van der Waals surface area contributed by atoms with Gasteiger partial charge in [0.2, 0.25) is 5.95 Å². The van der Waals surface area contributed by atoms with E-state index in [9.17, 15) is 18.0 Å². The minimum absolute atomic E-state index is 0.0219. The van der Waals surface area contributed by atoms with Crippen LogP contribution in [0.4, 0.5) is 29.7 Å². The van der Waals surface area contributed by atoms with Gasteiger partial charge >= 0.3 is 12.3 Å². The Bertz CT molecular complexity index is 1470. The molecular formula is C27H31F3N8O3. The smallest absolute Gasteiger partial charge is 0.420 e. The summed E-state index contributed by atoms with van der Waals surface area (Å²) in [7, 11) is 0. The largest absolute Gasteiger partial charge is 0.444 e. The molecule has 14 heteroatoms. The Labute approximate surface area is 234 Å². The number of amides is 1. The first-order chi connectivity index (χ1) is 19.4. The molecule has 0 bridgehead atoms. The zero-order valence-corrected chi connectivity index (χ0v) is 23.0. The standard InChI is InChI=1S/C27H31F3N8O3/c1-26(2,3)41-25(39)37-12-7-8-16(15-37)33-24-32-14-18(27(28,29)30)22(35-24)21-17-10-11-19(31-4)34-23(17)38(36-21)20-9-5-6-13-40-20/h10-11,14,16,20H,5-9,12-13,15H2,1-3H3,(H,32,33,35)/t16-,20?/m0/s1. The van der Waals surface area contributed by atoms with Crippen LogP contribution >= 0.6 is 0 Å². The Hall–Kier alpha value is -3.99. The van der Waals surface area contributed by atoms with E-state index in [1.807, 2.05) is 0 Å². The highest BCUT2D eigenvalue weighted by Gasteiger charge is 2.38. The fourth-order valence-corrected chi connectivity index (χ4v) is 4.97. The number of carbonyl (C=O) groups excluding carboxylic acids is 1. The molecule has 2 aliphatic rings. The van der Waals surface area contributed by atoms with Crippen molar-refractivity contribution >= 4 is 28.9 Å². The van der Waals surface area contributed by atoms with Gasteiger partial charge in [0.1, 0.15) is 22.6 Å². The van der Waals surface area contributed by atoms with E-state index in [4.69, 9.17) is 16.0 Å². The molecular weight excluding hydrogens is 541 g/mol. The first-order valence-corrected chi connectivity index (χ1v) is 13.5. The van der Waals surface area contributed by atoms with Gasteiger partial charge in [0.25, 0.3) is 11.5 Å². The van der Waals surface area contributed by atoms with Crippen molar-refractivity contribution < 1.29 is 27.4 Å². The van der Waals surface area contributed by atoms with E-state index in [0.717, 1.165) is 19.0 Å². The molecule has 1 N–H and O–H groups in total. The minimum atomic E-state index is -4.76. The number of nitrogens with zero attached hydrogens (tertiary/aromatic N) is 7. The van der Waals surface area contributed by atoms with Crippen LogP contribution in [0.1, 0.15) is 64.7 Å². The number of hydrogen-bond donors (Lipinski definition) is 1. The monoisotopic (exact) mass is 572 g/mol. The molecule has 3 aromatic rings. The summed E-state index contributed by atoms with van der Waals surface area (Å²) in [5.74, 6) is 0.0698. The summed E-state index contributed by atoms with van der Waals surface area (Å²) in [4.78, 5) is 30.1. The third-order valence-corrected chi connectivity index (χ3v) is 6.81. The molecule has 0 aromatic carbocycles. The molecule has 2 aliphatic heterocycles. The average Bonchev–Trinajstić information content (AvgIpc) is 3.31. The molecule has 2 saturated heterocycles. The molecule has 41 heavy (non-hydrogen) atoms. The Kier molecular flexibility index (Phi) is 7.74. The van der Waals surface area contributed by atoms with Crippen molar-refractivity contribution in [3.63, 3.8) is 0 Å². The van der Waals surface area contributed by atoms with Crippen LogP contribution in [0.25, 0.3) is 27.3 Å². The molecule has 2 atom stereocenters. The van der Waals surface area contributed by atoms with Crippen LogP contribution in [0.5, 0.6) is 0 Å². The lowest BCUT2D eigenvalue weighted by Crippen LogP contribution is -2.47. The average molecular weight is 573 g/mol. The summed E-state index contributed by atoms with van der Waals surface area (Å²) < 4.78 is 55.4. The summed E-state index contributed by atoms with van der Waals surface area (Å²) in [6, 6.07) is 2.67. The van der Waals surface area contributed by atoms with E-state index >= 15 is 0 Å². The lowest BCUT2D eigenvalue weighted by Gasteiger charge is -2.34. The van der Waals surface area contributed by atoms with Crippen molar-refractivity contribution in [1.82, 2.24) is 29.6 Å². The van der Waals surface area contributed by atoms with Crippen molar-refractivity contribution in [1.29, 1.82) is 0 Å². The van der Waals surface area contributed by atoms with Crippen molar-refractivity contribution in [3.8, 4) is 11.4 Å². The predicted octanol–water partition coefficient (Wildman–Crippen LogP) is 5.97. The second-order valence-electron chi connectivity index (χ2n) is 11.1. The minimum Gasteiger partial charge on any atom is -0.444 e. The lowest BCUT2D eigenvalue weighted by molar-refractivity contribution is -0.137. The van der Waals surface area contributed by atoms with Gasteiger partial charge in [-0.15, -0.1) is 0 Å². The van der Waals surface area contributed by atoms with Gasteiger partial charge in [-0.2, -0.15) is 23.0 Å². The molecule has 0 radical (unpaired) electrons. The molecule has 5 rings (SSSR count). The lowest BCUT2D eigenvalue weighted by atomic mass is 10.1. The number of ether oxygens (including phenoxy) is 2. The van der Waals surface area contributed by atoms with Gasteiger partial charge in [-0.25, -0.2) is 14.8 Å². The molecule has 3 aromatic heterocycles. The molecule has 2 fully saturated rings. The van der Waals surface area contributed by atoms with Crippen LogP contribution < -0.4 is 5.32 Å². The van der Waals surface area contributed by atoms with Crippen molar-refractivity contribution in [2.45, 2.75) is 76.9 Å². The third-order valence-electron chi connectivity index (χ3n) is 6.81. The molecule has 0 spiro atoms. The third kappa shape index (κ3) is 6.35. The van der Waals surface area contributed by atoms with Gasteiger partial charge in [-0.3, -0.25) is 0 Å². The number of carbonyl (C=O) groups is 1. The van der Waals surface area contributed by atoms with Crippen LogP contribution in [-0.4, -0.2) is 67.1 Å². The van der Waals surface area contributed by atoms with Crippen LogP contribution in [0.3, 0.4) is 0 Å². The van der Waals surface area contributed by atoms with E-state index in [2.05, 4.69) is 30.2 Å². The second-order valence-corrected chi connectivity index (χ2v) is 11.1. The Balaban J connectivity index is 1.51. The highest BCUT2D eigenvalue weighted by molar-refractivity contribution is 5.92. The van der Waals surface area contributed by atoms with Crippen LogP contribution in [-0.2, 0) is 15.7 Å². The first-order valence-electron chi connectivity index (χ1n) is 13.5. The van der Waals surface area contributed by atoms with Gasteiger partial charge in [-0.05, 0) is 58.9 Å². The summed E-state index contributed by atoms with van der Waals surface area (Å²) in [5.41, 5.74) is -1.89. The van der Waals surface area contributed by atoms with Crippen molar-refractivity contribution in [2.24, 2.45) is 0 Å². The summed E-state index contributed by atoms with van der Waals surface area (Å²) in [6.07, 6.45) is -1.31. The van der Waals surface area contributed by atoms with Crippen molar-refractivity contribution in [3.05, 3.63) is 35.3 Å². The normalized spacial score (nSPS) is 20.1. The number of likely N-dealkylation sites (tertiary alicyclic amines) is 1. The van der Waals surface area contributed by atoms with Gasteiger partial charge < -0.3 is 24.5 Å². The number of fused-ring (bicyclic) bond motifs is 1. The van der Waals surface area contributed by atoms with Gasteiger partial charge in [0, 0.05) is 31.9 Å². The van der Waals surface area contributed by atoms with E-state index in [1.165, 1.54) is 16.8 Å². The maximum absolute atomic E-state index is 14.2. The highest BCUT2D eigenvalue weighted by Crippen LogP contribution is 2.39. The molecule has 218 valence electrons. The van der Waals surface area contributed by atoms with Gasteiger partial charge in [0.05, 0.1) is 5.39 Å². The van der Waals surface area contributed by atoms with E-state index in [0.29, 0.717) is 37.8 Å². The number of anilines is 1. The topological polar surface area (TPSA) is 112 Å². The maximum Gasteiger partial charge on any atom is 0.420 e. The van der Waals surface area contributed by atoms with E-state index in [-0.39, 0.29) is 35.7 Å². The van der Waals surface area contributed by atoms with Crippen LogP contribution in [0, 0.1) is 6.57 Å². The summed E-state index contributed by atoms with van der Waals surface area (Å²) in [6.45, 7) is 14.0. The predicted molar refractivity (Wildman–Crippen MR) is 143 cm³/mol. The highest BCUT2D eigenvalue weighted by atomic mass is 19.4. The first kappa shape index (κ1) is 28.5. The second kappa shape index (κ2) is 11.1. The molecule has 11 nitrogen and oxygen atoms in total. The molecule has 5 heterocycles. The number of aromatic nitrogens is 5. The van der Waals surface area contributed by atoms with E-state index < -0.39 is 35.4 Å². The van der Waals surface area contributed by atoms with E-state index in [1.54, 1.807) is 25.7 Å². The van der Waals surface area contributed by atoms with Crippen LogP contribution in [0.2, 0.25) is 0 Å². The zero-order chi connectivity index (χ0) is 29.4. The summed E-state index contributed by atoms with van der Waals surface area (Å²) in [5, 5.41) is 7.94. The molecule has 1 unspecified atom stereocenters. The number of halogens is 3. The number of nitrogens with one attached hydrogen (secondary N) is 1. The quantitative estimate of drug-likeness (QED) is 0.381.